The summed E-state index contributed by atoms with van der Waals surface area (Å²) in [6.07, 6.45) is 6.82. The second-order valence-corrected chi connectivity index (χ2v) is 7.94. The van der Waals surface area contributed by atoms with E-state index in [2.05, 4.69) is 9.88 Å². The molecule has 0 N–H and O–H groups in total. The van der Waals surface area contributed by atoms with Crippen LogP contribution in [0.5, 0.6) is 0 Å². The standard InChI is InChI=1S/C23H27FN4O/c1-26(23(29)21-17-28-12-3-2-4-22(28)25-21)16-19-10-14-27(15-11-19)13-9-18-5-7-20(24)8-6-18/h2-8,12,17,19H,9-11,13-16H2,1H3. The van der Waals surface area contributed by atoms with Crippen molar-refractivity contribution in [3.63, 3.8) is 0 Å². The van der Waals surface area contributed by atoms with E-state index in [-0.39, 0.29) is 11.7 Å². The first-order chi connectivity index (χ1) is 14.1. The Kier molecular flexibility index (Phi) is 5.90. The van der Waals surface area contributed by atoms with Crippen molar-refractivity contribution in [1.29, 1.82) is 0 Å². The van der Waals surface area contributed by atoms with Gasteiger partial charge in [0.05, 0.1) is 0 Å². The van der Waals surface area contributed by atoms with Gasteiger partial charge >= 0.3 is 0 Å². The van der Waals surface area contributed by atoms with Crippen LogP contribution in [0, 0.1) is 11.7 Å². The van der Waals surface area contributed by atoms with E-state index < -0.39 is 0 Å². The summed E-state index contributed by atoms with van der Waals surface area (Å²) in [4.78, 5) is 21.5. The summed E-state index contributed by atoms with van der Waals surface area (Å²) in [7, 11) is 1.87. The van der Waals surface area contributed by atoms with E-state index in [0.29, 0.717) is 11.6 Å². The minimum Gasteiger partial charge on any atom is -0.340 e. The van der Waals surface area contributed by atoms with Crippen LogP contribution in [0.2, 0.25) is 0 Å². The van der Waals surface area contributed by atoms with Gasteiger partial charge < -0.3 is 14.2 Å². The molecule has 1 aliphatic rings. The molecule has 0 spiro atoms. The van der Waals surface area contributed by atoms with Crippen molar-refractivity contribution in [2.24, 2.45) is 5.92 Å². The molecule has 152 valence electrons. The molecule has 29 heavy (non-hydrogen) atoms. The first kappa shape index (κ1) is 19.6. The first-order valence-electron chi connectivity index (χ1n) is 10.2. The SMILES string of the molecule is CN(CC1CCN(CCc2ccc(F)cc2)CC1)C(=O)c1cn2ccccc2n1. The van der Waals surface area contributed by atoms with Gasteiger partial charge in [-0.05, 0) is 68.1 Å². The maximum atomic E-state index is 13.0. The number of imidazole rings is 1. The van der Waals surface area contributed by atoms with Gasteiger partial charge in [0.25, 0.3) is 5.91 Å². The molecule has 0 bridgehead atoms. The van der Waals surface area contributed by atoms with Gasteiger partial charge in [-0.15, -0.1) is 0 Å². The molecule has 3 aromatic rings. The van der Waals surface area contributed by atoms with Crippen molar-refractivity contribution in [2.75, 3.05) is 33.2 Å². The van der Waals surface area contributed by atoms with Gasteiger partial charge in [0.1, 0.15) is 17.2 Å². The zero-order valence-electron chi connectivity index (χ0n) is 16.8. The van der Waals surface area contributed by atoms with Crippen LogP contribution in [-0.4, -0.2) is 58.3 Å². The van der Waals surface area contributed by atoms with E-state index in [1.54, 1.807) is 11.1 Å². The normalized spacial score (nSPS) is 15.7. The first-order valence-corrected chi connectivity index (χ1v) is 10.2. The Hall–Kier alpha value is -2.73. The fourth-order valence-corrected chi connectivity index (χ4v) is 4.03. The Morgan fingerprint density at radius 2 is 1.93 bits per heavy atom. The molecule has 0 aliphatic carbocycles. The molecule has 0 atom stereocenters. The Morgan fingerprint density at radius 1 is 1.17 bits per heavy atom. The van der Waals surface area contributed by atoms with E-state index in [1.807, 2.05) is 48.0 Å². The zero-order valence-corrected chi connectivity index (χ0v) is 16.8. The number of hydrogen-bond donors (Lipinski definition) is 0. The Morgan fingerprint density at radius 3 is 2.66 bits per heavy atom. The highest BCUT2D eigenvalue weighted by Crippen LogP contribution is 2.19. The van der Waals surface area contributed by atoms with Crippen molar-refractivity contribution in [3.8, 4) is 0 Å². The highest BCUT2D eigenvalue weighted by molar-refractivity contribution is 5.92. The van der Waals surface area contributed by atoms with Crippen molar-refractivity contribution in [2.45, 2.75) is 19.3 Å². The summed E-state index contributed by atoms with van der Waals surface area (Å²) in [6.45, 7) is 3.84. The molecule has 0 saturated carbocycles. The van der Waals surface area contributed by atoms with Crippen LogP contribution in [-0.2, 0) is 6.42 Å². The number of fused-ring (bicyclic) bond motifs is 1. The van der Waals surface area contributed by atoms with E-state index in [4.69, 9.17) is 0 Å². The second-order valence-electron chi connectivity index (χ2n) is 7.94. The number of rotatable bonds is 6. The van der Waals surface area contributed by atoms with Crippen LogP contribution < -0.4 is 0 Å². The summed E-state index contributed by atoms with van der Waals surface area (Å²) < 4.78 is 14.9. The topological polar surface area (TPSA) is 40.9 Å². The molecule has 1 fully saturated rings. The molecule has 0 unspecified atom stereocenters. The fraction of sp³-hybridized carbons (Fsp3) is 0.391. The molecular formula is C23H27FN4O. The highest BCUT2D eigenvalue weighted by atomic mass is 19.1. The van der Waals surface area contributed by atoms with Gasteiger partial charge in [-0.2, -0.15) is 0 Å². The Labute approximate surface area is 170 Å². The molecule has 1 saturated heterocycles. The number of carbonyl (C=O) groups is 1. The summed E-state index contributed by atoms with van der Waals surface area (Å²) in [6, 6.07) is 12.5. The number of nitrogens with zero attached hydrogens (tertiary/aromatic N) is 4. The lowest BCUT2D eigenvalue weighted by Gasteiger charge is -2.33. The third-order valence-corrected chi connectivity index (χ3v) is 5.80. The third-order valence-electron chi connectivity index (χ3n) is 5.80. The van der Waals surface area contributed by atoms with E-state index in [0.717, 1.165) is 51.1 Å². The summed E-state index contributed by atoms with van der Waals surface area (Å²) >= 11 is 0. The van der Waals surface area contributed by atoms with Crippen LogP contribution in [0.25, 0.3) is 5.65 Å². The van der Waals surface area contributed by atoms with Gasteiger partial charge in [0.2, 0.25) is 0 Å². The number of benzene rings is 1. The number of pyridine rings is 1. The highest BCUT2D eigenvalue weighted by Gasteiger charge is 2.23. The predicted octanol–water partition coefficient (Wildman–Crippen LogP) is 3.50. The van der Waals surface area contributed by atoms with Crippen LogP contribution in [0.1, 0.15) is 28.9 Å². The molecule has 1 aliphatic heterocycles. The van der Waals surface area contributed by atoms with Gasteiger partial charge in [0.15, 0.2) is 0 Å². The minimum absolute atomic E-state index is 0.0209. The maximum Gasteiger partial charge on any atom is 0.273 e. The summed E-state index contributed by atoms with van der Waals surface area (Å²) in [5.41, 5.74) is 2.46. The van der Waals surface area contributed by atoms with Crippen LogP contribution in [0.3, 0.4) is 0 Å². The minimum atomic E-state index is -0.183. The van der Waals surface area contributed by atoms with Crippen molar-refractivity contribution in [3.05, 3.63) is 71.9 Å². The molecule has 4 rings (SSSR count). The number of amides is 1. The van der Waals surface area contributed by atoms with Crippen LogP contribution in [0.4, 0.5) is 4.39 Å². The molecule has 1 aromatic carbocycles. The lowest BCUT2D eigenvalue weighted by molar-refractivity contribution is 0.0735. The van der Waals surface area contributed by atoms with Gasteiger partial charge in [-0.3, -0.25) is 4.79 Å². The van der Waals surface area contributed by atoms with Gasteiger partial charge in [-0.1, -0.05) is 18.2 Å². The fourth-order valence-electron chi connectivity index (χ4n) is 4.03. The molecule has 2 aromatic heterocycles. The zero-order chi connectivity index (χ0) is 20.2. The third kappa shape index (κ3) is 4.82. The number of carbonyl (C=O) groups excluding carboxylic acids is 1. The van der Waals surface area contributed by atoms with Crippen LogP contribution >= 0.6 is 0 Å². The largest absolute Gasteiger partial charge is 0.340 e. The van der Waals surface area contributed by atoms with Crippen molar-refractivity contribution in [1.82, 2.24) is 19.2 Å². The molecule has 3 heterocycles. The van der Waals surface area contributed by atoms with Gasteiger partial charge in [0, 0.05) is 32.5 Å². The predicted molar refractivity (Wildman–Crippen MR) is 111 cm³/mol. The van der Waals surface area contributed by atoms with Gasteiger partial charge in [-0.25, -0.2) is 9.37 Å². The van der Waals surface area contributed by atoms with Crippen LogP contribution in [0.15, 0.2) is 54.9 Å². The quantitative estimate of drug-likeness (QED) is 0.643. The summed E-state index contributed by atoms with van der Waals surface area (Å²) in [5.74, 6) is 0.312. The maximum absolute atomic E-state index is 13.0. The average molecular weight is 394 g/mol. The number of piperidine rings is 1. The number of aromatic nitrogens is 2. The van der Waals surface area contributed by atoms with E-state index in [9.17, 15) is 9.18 Å². The lowest BCUT2D eigenvalue weighted by atomic mass is 9.96. The number of likely N-dealkylation sites (tertiary alicyclic amines) is 1. The monoisotopic (exact) mass is 394 g/mol. The molecule has 0 radical (unpaired) electrons. The Bertz CT molecular complexity index is 927. The van der Waals surface area contributed by atoms with Crippen molar-refractivity contribution >= 4 is 11.6 Å². The van der Waals surface area contributed by atoms with E-state index >= 15 is 0 Å². The summed E-state index contributed by atoms with van der Waals surface area (Å²) in [5, 5.41) is 0. The molecule has 6 heteroatoms. The molecule has 1 amide bonds. The number of halogens is 1. The van der Waals surface area contributed by atoms with Crippen molar-refractivity contribution < 1.29 is 9.18 Å². The number of hydrogen-bond acceptors (Lipinski definition) is 3. The van der Waals surface area contributed by atoms with E-state index in [1.165, 1.54) is 17.7 Å². The average Bonchev–Trinajstić information content (AvgIpc) is 3.18. The lowest BCUT2D eigenvalue weighted by Crippen LogP contribution is -2.40. The molecule has 5 nitrogen and oxygen atoms in total. The Balaban J connectivity index is 1.24. The second kappa shape index (κ2) is 8.74. The molecular weight excluding hydrogens is 367 g/mol. The smallest absolute Gasteiger partial charge is 0.273 e.